The predicted octanol–water partition coefficient (Wildman–Crippen LogP) is 4.60. The first-order chi connectivity index (χ1) is 19.0. The fourth-order valence-corrected chi connectivity index (χ4v) is 5.34. The summed E-state index contributed by atoms with van der Waals surface area (Å²) in [6, 6.07) is 19.1. The van der Waals surface area contributed by atoms with Gasteiger partial charge in [0.05, 0.1) is 11.9 Å². The highest BCUT2D eigenvalue weighted by atomic mass is 32.2. The summed E-state index contributed by atoms with van der Waals surface area (Å²) >= 11 is 0. The minimum absolute atomic E-state index is 0.0327. The lowest BCUT2D eigenvalue weighted by atomic mass is 10.0. The molecule has 0 spiro atoms. The third-order valence-electron chi connectivity index (χ3n) is 6.44. The van der Waals surface area contributed by atoms with Gasteiger partial charge in [-0.3, -0.25) is 13.9 Å². The Morgan fingerprint density at radius 3 is 2.20 bits per heavy atom. The molecule has 1 N–H and O–H groups in total. The van der Waals surface area contributed by atoms with Crippen LogP contribution in [0.25, 0.3) is 0 Å². The molecule has 1 unspecified atom stereocenters. The molecular formula is C30H35F2N3O4S. The van der Waals surface area contributed by atoms with E-state index >= 15 is 0 Å². The number of aryl methyl sites for hydroxylation is 1. The molecule has 0 heterocycles. The number of likely N-dealkylation sites (N-methyl/N-ethyl adjacent to an activating group) is 1. The maximum atomic E-state index is 13.8. The number of benzene rings is 3. The number of nitrogens with zero attached hydrogens (tertiary/aromatic N) is 2. The van der Waals surface area contributed by atoms with Gasteiger partial charge in [0.25, 0.3) is 0 Å². The number of carbonyl (C=O) groups excluding carboxylic acids is 2. The zero-order chi connectivity index (χ0) is 29.3. The van der Waals surface area contributed by atoms with Gasteiger partial charge in [0, 0.05) is 38.5 Å². The maximum Gasteiger partial charge on any atom is 0.243 e. The molecular weight excluding hydrogens is 536 g/mol. The average Bonchev–Trinajstić information content (AvgIpc) is 2.91. The number of halogens is 2. The molecule has 0 aromatic heterocycles. The molecule has 0 aliphatic rings. The molecule has 0 saturated heterocycles. The van der Waals surface area contributed by atoms with Crippen molar-refractivity contribution in [1.82, 2.24) is 10.2 Å². The van der Waals surface area contributed by atoms with Crippen molar-refractivity contribution in [2.75, 3.05) is 23.7 Å². The lowest BCUT2D eigenvalue weighted by Crippen LogP contribution is -2.50. The summed E-state index contributed by atoms with van der Waals surface area (Å²) in [6.45, 7) is 4.22. The summed E-state index contributed by atoms with van der Waals surface area (Å²) in [5, 5.41) is 2.84. The van der Waals surface area contributed by atoms with Gasteiger partial charge in [-0.05, 0) is 43.5 Å². The van der Waals surface area contributed by atoms with Crippen LogP contribution in [-0.2, 0) is 32.6 Å². The van der Waals surface area contributed by atoms with Crippen molar-refractivity contribution in [3.8, 4) is 0 Å². The highest BCUT2D eigenvalue weighted by molar-refractivity contribution is 7.92. The molecule has 214 valence electrons. The number of hydrogen-bond donors (Lipinski definition) is 1. The van der Waals surface area contributed by atoms with E-state index < -0.39 is 27.7 Å². The molecule has 3 aromatic carbocycles. The number of amides is 2. The quantitative estimate of drug-likeness (QED) is 0.325. The minimum Gasteiger partial charge on any atom is -0.355 e. The van der Waals surface area contributed by atoms with E-state index in [-0.39, 0.29) is 43.4 Å². The Kier molecular flexibility index (Phi) is 10.8. The van der Waals surface area contributed by atoms with Crippen molar-refractivity contribution < 1.29 is 26.8 Å². The van der Waals surface area contributed by atoms with Gasteiger partial charge in [0.1, 0.15) is 6.04 Å². The van der Waals surface area contributed by atoms with Crippen LogP contribution in [0.3, 0.4) is 0 Å². The van der Waals surface area contributed by atoms with Gasteiger partial charge in [-0.1, -0.05) is 60.2 Å². The molecule has 3 rings (SSSR count). The molecule has 0 aliphatic carbocycles. The Hall–Kier alpha value is -3.79. The van der Waals surface area contributed by atoms with Crippen molar-refractivity contribution in [3.63, 3.8) is 0 Å². The number of hydrogen-bond acceptors (Lipinski definition) is 4. The third kappa shape index (κ3) is 8.61. The van der Waals surface area contributed by atoms with E-state index in [0.29, 0.717) is 13.0 Å². The number of carbonyl (C=O) groups is 2. The molecule has 0 fully saturated rings. The second kappa shape index (κ2) is 14.0. The fraction of sp³-hybridized carbons (Fsp3) is 0.333. The van der Waals surface area contributed by atoms with Crippen molar-refractivity contribution in [1.29, 1.82) is 0 Å². The zero-order valence-electron chi connectivity index (χ0n) is 22.9. The van der Waals surface area contributed by atoms with Crippen LogP contribution in [0, 0.1) is 18.6 Å². The van der Waals surface area contributed by atoms with Crippen LogP contribution >= 0.6 is 0 Å². The van der Waals surface area contributed by atoms with E-state index in [1.807, 2.05) is 68.4 Å². The highest BCUT2D eigenvalue weighted by Gasteiger charge is 2.30. The first-order valence-corrected chi connectivity index (χ1v) is 14.9. The van der Waals surface area contributed by atoms with Gasteiger partial charge in [0.15, 0.2) is 11.6 Å². The van der Waals surface area contributed by atoms with Crippen LogP contribution in [0.2, 0.25) is 0 Å². The monoisotopic (exact) mass is 571 g/mol. The van der Waals surface area contributed by atoms with Crippen LogP contribution < -0.4 is 9.62 Å². The molecule has 7 nitrogen and oxygen atoms in total. The van der Waals surface area contributed by atoms with Gasteiger partial charge < -0.3 is 10.2 Å². The molecule has 0 radical (unpaired) electrons. The summed E-state index contributed by atoms with van der Waals surface area (Å²) in [6.07, 6.45) is 1.30. The van der Waals surface area contributed by atoms with Gasteiger partial charge in [-0.15, -0.1) is 0 Å². The molecule has 10 heteroatoms. The SMILES string of the molecule is CCNC(=O)C(Cc1ccccc1)N(Cc1ccc(C)cc1)C(=O)CCCN(c1ccc(F)c(F)c1)S(C)(=O)=O. The molecule has 0 aliphatic heterocycles. The summed E-state index contributed by atoms with van der Waals surface area (Å²) in [5.41, 5.74) is 2.77. The third-order valence-corrected chi connectivity index (χ3v) is 7.63. The van der Waals surface area contributed by atoms with Crippen LogP contribution in [0.1, 0.15) is 36.5 Å². The maximum absolute atomic E-state index is 13.8. The second-order valence-corrected chi connectivity index (χ2v) is 11.6. The number of anilines is 1. The van der Waals surface area contributed by atoms with E-state index in [2.05, 4.69) is 5.32 Å². The van der Waals surface area contributed by atoms with Crippen molar-refractivity contribution in [3.05, 3.63) is 101 Å². The Bertz CT molecular complexity index is 1400. The van der Waals surface area contributed by atoms with Crippen LogP contribution in [0.5, 0.6) is 0 Å². The number of rotatable bonds is 13. The summed E-state index contributed by atoms with van der Waals surface area (Å²) in [7, 11) is -3.84. The van der Waals surface area contributed by atoms with E-state index in [0.717, 1.165) is 39.4 Å². The van der Waals surface area contributed by atoms with Gasteiger partial charge in [0.2, 0.25) is 21.8 Å². The van der Waals surface area contributed by atoms with Gasteiger partial charge in [-0.2, -0.15) is 0 Å². The van der Waals surface area contributed by atoms with Crippen molar-refractivity contribution in [2.45, 2.75) is 45.7 Å². The van der Waals surface area contributed by atoms with Crippen LogP contribution in [0.15, 0.2) is 72.8 Å². The Balaban J connectivity index is 1.86. The Morgan fingerprint density at radius 2 is 1.60 bits per heavy atom. The van der Waals surface area contributed by atoms with Crippen LogP contribution in [-0.4, -0.2) is 50.5 Å². The fourth-order valence-electron chi connectivity index (χ4n) is 4.38. The summed E-state index contributed by atoms with van der Waals surface area (Å²) in [5.74, 6) is -2.87. The Morgan fingerprint density at radius 1 is 0.925 bits per heavy atom. The van der Waals surface area contributed by atoms with E-state index in [1.165, 1.54) is 11.0 Å². The lowest BCUT2D eigenvalue weighted by Gasteiger charge is -2.32. The van der Waals surface area contributed by atoms with Crippen LogP contribution in [0.4, 0.5) is 14.5 Å². The average molecular weight is 572 g/mol. The standard InChI is InChI=1S/C30H35F2N3O4S/c1-4-33-30(37)28(19-23-9-6-5-7-10-23)34(21-24-14-12-22(2)13-15-24)29(36)11-8-18-35(40(3,38)39)25-16-17-26(31)27(32)20-25/h5-7,9-10,12-17,20,28H,4,8,11,18-19,21H2,1-3H3,(H,33,37). The summed E-state index contributed by atoms with van der Waals surface area (Å²) in [4.78, 5) is 28.5. The topological polar surface area (TPSA) is 86.8 Å². The smallest absolute Gasteiger partial charge is 0.243 e. The van der Waals surface area contributed by atoms with Gasteiger partial charge >= 0.3 is 0 Å². The first kappa shape index (κ1) is 30.7. The molecule has 3 aromatic rings. The van der Waals surface area contributed by atoms with E-state index in [4.69, 9.17) is 0 Å². The van der Waals surface area contributed by atoms with E-state index in [1.54, 1.807) is 0 Å². The normalized spacial score (nSPS) is 12.0. The molecule has 0 bridgehead atoms. The molecule has 2 amide bonds. The number of nitrogens with one attached hydrogen (secondary N) is 1. The second-order valence-electron chi connectivity index (χ2n) is 9.64. The molecule has 40 heavy (non-hydrogen) atoms. The van der Waals surface area contributed by atoms with Gasteiger partial charge in [-0.25, -0.2) is 17.2 Å². The van der Waals surface area contributed by atoms with Crippen molar-refractivity contribution in [2.24, 2.45) is 0 Å². The Labute approximate surface area is 234 Å². The molecule has 0 saturated carbocycles. The summed E-state index contributed by atoms with van der Waals surface area (Å²) < 4.78 is 53.1. The number of sulfonamides is 1. The zero-order valence-corrected chi connectivity index (χ0v) is 23.8. The molecule has 1 atom stereocenters. The first-order valence-electron chi connectivity index (χ1n) is 13.1. The predicted molar refractivity (Wildman–Crippen MR) is 152 cm³/mol. The van der Waals surface area contributed by atoms with Crippen molar-refractivity contribution >= 4 is 27.5 Å². The highest BCUT2D eigenvalue weighted by Crippen LogP contribution is 2.22. The largest absolute Gasteiger partial charge is 0.355 e. The minimum atomic E-state index is -3.84. The van der Waals surface area contributed by atoms with E-state index in [9.17, 15) is 26.8 Å². The lowest BCUT2D eigenvalue weighted by molar-refractivity contribution is -0.141.